The Kier molecular flexibility index (Phi) is 30.3. The second-order valence-electron chi connectivity index (χ2n) is 18.4. The molecule has 0 radical (unpaired) electrons. The number of nitrogens with zero attached hydrogens (tertiary/aromatic N) is 1. The van der Waals surface area contributed by atoms with Crippen molar-refractivity contribution in [2.45, 2.75) is 129 Å². The van der Waals surface area contributed by atoms with Crippen LogP contribution in [0.1, 0.15) is 80.6 Å². The molecule has 16 N–H and O–H groups in total. The van der Waals surface area contributed by atoms with Gasteiger partial charge in [0.25, 0.3) is 0 Å². The Balaban J connectivity index is 3.67. The minimum Gasteiger partial charge on any atom is -0.394 e. The van der Waals surface area contributed by atoms with E-state index in [1.807, 2.05) is 26.8 Å². The van der Waals surface area contributed by atoms with Crippen LogP contribution >= 0.6 is 11.8 Å². The second kappa shape index (κ2) is 33.6. The number of amides is 9. The Hall–Kier alpha value is -5.19. The summed E-state index contributed by atoms with van der Waals surface area (Å²) in [5.41, 5.74) is 17.2. The van der Waals surface area contributed by atoms with Gasteiger partial charge in [0.1, 0.15) is 30.2 Å². The largest absolute Gasteiger partial charge is 0.394 e. The van der Waals surface area contributed by atoms with E-state index in [1.165, 1.54) is 21.0 Å². The number of carbonyl (C=O) groups is 9. The van der Waals surface area contributed by atoms with Crippen molar-refractivity contribution < 1.29 is 67.4 Å². The van der Waals surface area contributed by atoms with Crippen LogP contribution < -0.4 is 54.4 Å². The van der Waals surface area contributed by atoms with Gasteiger partial charge in [-0.25, -0.2) is 0 Å². The lowest BCUT2D eigenvalue weighted by atomic mass is 9.90. The zero-order valence-corrected chi connectivity index (χ0v) is 44.9. The number of rotatable bonds is 35. The number of nitrogens with two attached hydrogens (primary N) is 3. The Morgan fingerprint density at radius 2 is 1.52 bits per heavy atom. The van der Waals surface area contributed by atoms with Crippen molar-refractivity contribution >= 4 is 75.7 Å². The number of thioether (sulfide) groups is 1. The number of likely N-dealkylation sites (tertiary alicyclic amines) is 1. The molecule has 0 bridgehead atoms. The van der Waals surface area contributed by atoms with E-state index in [0.29, 0.717) is 24.4 Å². The van der Waals surface area contributed by atoms with Crippen LogP contribution in [0, 0.1) is 23.7 Å². The lowest BCUT2D eigenvalue weighted by Gasteiger charge is -2.31. The lowest BCUT2D eigenvalue weighted by Crippen LogP contribution is -2.60. The van der Waals surface area contributed by atoms with E-state index in [1.54, 1.807) is 25.6 Å². The minimum absolute atomic E-state index is 0.0555. The van der Waals surface area contributed by atoms with Gasteiger partial charge >= 0.3 is 0 Å². The van der Waals surface area contributed by atoms with Gasteiger partial charge in [0.05, 0.1) is 66.0 Å². The van der Waals surface area contributed by atoms with Crippen molar-refractivity contribution in [3.63, 3.8) is 0 Å². The highest BCUT2D eigenvalue weighted by atomic mass is 32.2. The Bertz CT molecular complexity index is 1960. The number of carbonyl (C=O) groups excluding carboxylic acids is 9. The molecule has 416 valence electrons. The molecule has 0 aromatic heterocycles. The molecule has 9 amide bonds. The number of hydrogen-bond donors (Lipinski definition) is 13. The Morgan fingerprint density at radius 3 is 2.07 bits per heavy atom. The van der Waals surface area contributed by atoms with Crippen LogP contribution in [0.4, 0.5) is 0 Å². The molecule has 1 heterocycles. The minimum atomic E-state index is -2.23. The summed E-state index contributed by atoms with van der Waals surface area (Å²) in [6.07, 6.45) is -0.545. The van der Waals surface area contributed by atoms with Crippen molar-refractivity contribution in [2.75, 3.05) is 57.2 Å². The monoisotopic (exact) mass is 1080 g/mol. The van der Waals surface area contributed by atoms with Gasteiger partial charge in [-0.3, -0.25) is 47.4 Å². The maximum Gasteiger partial charge on any atom is 0.246 e. The average Bonchev–Trinajstić information content (AvgIpc) is 3.73. The summed E-state index contributed by atoms with van der Waals surface area (Å²) in [7, 11) is -0.702. The predicted octanol–water partition coefficient (Wildman–Crippen LogP) is -3.99. The number of hydrogen-bond acceptors (Lipinski definition) is 17. The standard InChI is InChI=1S/C46H81N11O14S2/c1-10-25(4)39(55-38(64)19-50-28(7)59)45(68)51-20-37(63)53-33(23-73(70)29(8)52-31(13-16-72-15-12-11-14-47)41(71-9)26(5)24(2)3)43(66)54-32(18-36(48)62)46(69)57-21-30(60)17-34(57)44(67)56-40(42(49)65)27(6)35(61)22-58/h13,24-27,30,32-35,39-41,52,58,60-61H,8,10-12,14-23,47H2,1-7,9H3,(H2,48,62)(H2,49,65)(H,50,59)(H,51,68)(H,53,63)(H,54,66)(H,55,64)(H,56,67)/b31-13-/t25-,26?,27-,30+,32-,33-,34+,35-,39+,40-,41?,73?/m0/s1. The van der Waals surface area contributed by atoms with Gasteiger partial charge in [-0.1, -0.05) is 60.6 Å². The fourth-order valence-electron chi connectivity index (χ4n) is 7.38. The van der Waals surface area contributed by atoms with Gasteiger partial charge < -0.3 is 79.4 Å². The zero-order chi connectivity index (χ0) is 55.7. The average molecular weight is 1080 g/mol. The first-order chi connectivity index (χ1) is 34.2. The fraction of sp³-hybridized carbons (Fsp3) is 0.717. The van der Waals surface area contributed by atoms with E-state index in [0.717, 1.165) is 23.5 Å². The van der Waals surface area contributed by atoms with Crippen LogP contribution in [0.3, 0.4) is 0 Å². The number of primary amides is 2. The van der Waals surface area contributed by atoms with Gasteiger partial charge in [0, 0.05) is 44.4 Å². The van der Waals surface area contributed by atoms with Gasteiger partial charge in [-0.2, -0.15) is 11.8 Å². The molecule has 12 atom stereocenters. The van der Waals surface area contributed by atoms with E-state index in [-0.39, 0.29) is 23.3 Å². The Morgan fingerprint density at radius 1 is 0.890 bits per heavy atom. The van der Waals surface area contributed by atoms with E-state index in [2.05, 4.69) is 43.8 Å². The summed E-state index contributed by atoms with van der Waals surface area (Å²) in [5.74, 6) is -9.27. The van der Waals surface area contributed by atoms with E-state index in [4.69, 9.17) is 21.9 Å². The molecule has 25 nitrogen and oxygen atoms in total. The summed E-state index contributed by atoms with van der Waals surface area (Å²) < 4.78 is 20.1. The molecule has 0 saturated carbocycles. The molecule has 0 aromatic carbocycles. The highest BCUT2D eigenvalue weighted by Gasteiger charge is 2.44. The highest BCUT2D eigenvalue weighted by Crippen LogP contribution is 2.24. The molecule has 1 aliphatic rings. The Labute approximate surface area is 434 Å². The van der Waals surface area contributed by atoms with Gasteiger partial charge in [-0.15, -0.1) is 0 Å². The van der Waals surface area contributed by atoms with E-state index >= 15 is 0 Å². The second-order valence-corrected chi connectivity index (χ2v) is 21.0. The maximum atomic E-state index is 14.3. The molecular formula is C46H81N11O14S2. The van der Waals surface area contributed by atoms with Crippen LogP contribution in [0.15, 0.2) is 23.4 Å². The number of aliphatic hydroxyl groups is 3. The van der Waals surface area contributed by atoms with Crippen LogP contribution in [0.2, 0.25) is 0 Å². The predicted molar refractivity (Wildman–Crippen MR) is 274 cm³/mol. The highest BCUT2D eigenvalue weighted by molar-refractivity contribution is 7.99. The summed E-state index contributed by atoms with van der Waals surface area (Å²) in [4.78, 5) is 119. The van der Waals surface area contributed by atoms with Crippen molar-refractivity contribution in [1.82, 2.24) is 42.1 Å². The number of unbranched alkanes of at least 4 members (excludes halogenated alkanes) is 1. The summed E-state index contributed by atoms with van der Waals surface area (Å²) in [5, 5.41) is 47.6. The van der Waals surface area contributed by atoms with Gasteiger partial charge in [-0.05, 0) is 42.9 Å². The molecule has 27 heteroatoms. The zero-order valence-electron chi connectivity index (χ0n) is 43.2. The number of β-amino-alcohol motifs (C(OH)–C–C–N with tert-alkyl or cyclic N) is 1. The molecule has 0 aromatic rings. The number of nitrogens with one attached hydrogen (secondary N) is 7. The summed E-state index contributed by atoms with van der Waals surface area (Å²) >= 11 is 1.64. The third-order valence-corrected chi connectivity index (χ3v) is 14.6. The summed E-state index contributed by atoms with van der Waals surface area (Å²) in [6, 6.07) is -7.89. The van der Waals surface area contributed by atoms with Crippen LogP contribution in [0.5, 0.6) is 0 Å². The molecule has 1 fully saturated rings. The lowest BCUT2D eigenvalue weighted by molar-refractivity contribution is -0.143. The molecule has 73 heavy (non-hydrogen) atoms. The normalized spacial score (nSPS) is 18.8. The van der Waals surface area contributed by atoms with E-state index < -0.39 is 163 Å². The molecule has 0 aliphatic carbocycles. The molecule has 1 saturated heterocycles. The smallest absolute Gasteiger partial charge is 0.246 e. The quantitative estimate of drug-likeness (QED) is 0.0269. The third-order valence-electron chi connectivity index (χ3n) is 12.3. The van der Waals surface area contributed by atoms with Gasteiger partial charge in [0.2, 0.25) is 53.2 Å². The van der Waals surface area contributed by atoms with Crippen LogP contribution in [0.25, 0.3) is 0 Å². The van der Waals surface area contributed by atoms with Gasteiger partial charge in [0.15, 0.2) is 0 Å². The number of methoxy groups -OCH3 is 1. The molecular weight excluding hydrogens is 995 g/mol. The van der Waals surface area contributed by atoms with Crippen molar-refractivity contribution in [1.29, 1.82) is 0 Å². The van der Waals surface area contributed by atoms with Crippen LogP contribution in [-0.4, -0.2) is 183 Å². The molecule has 3 unspecified atom stereocenters. The topological polar surface area (TPSA) is 406 Å². The summed E-state index contributed by atoms with van der Waals surface area (Å²) in [6.45, 7) is 14.0. The van der Waals surface area contributed by atoms with Crippen molar-refractivity contribution in [3.8, 4) is 0 Å². The first kappa shape index (κ1) is 65.8. The number of aliphatic hydroxyl groups excluding tert-OH is 3. The third kappa shape index (κ3) is 22.9. The van der Waals surface area contributed by atoms with E-state index in [9.17, 15) is 62.7 Å². The van der Waals surface area contributed by atoms with Crippen LogP contribution in [-0.2, 0) is 58.7 Å². The SMILES string of the molecule is C=C(N/C(=C\CSCCCCN)C(OC)C(C)C(C)C)S(=O)C[C@H](NC(=O)CNC(=O)[C@H](NC(=O)CNC(C)=O)[C@@H](C)CC)C(=O)N[C@@H](CC(N)=O)C(=O)N1C[C@H](O)C[C@@H]1C(=O)N[C@H](C(N)=O)[C@@H](C)[C@@H](O)CO. The molecule has 1 rings (SSSR count). The first-order valence-corrected chi connectivity index (χ1v) is 26.6. The molecule has 1 aliphatic heterocycles. The first-order valence-electron chi connectivity index (χ1n) is 24.2. The fourth-order valence-corrected chi connectivity index (χ4v) is 9.22. The molecule has 0 spiro atoms. The van der Waals surface area contributed by atoms with Crippen molar-refractivity contribution in [2.24, 2.45) is 40.9 Å². The maximum absolute atomic E-state index is 14.3. The number of ether oxygens (including phenoxy) is 1. The van der Waals surface area contributed by atoms with Crippen molar-refractivity contribution in [3.05, 3.63) is 23.4 Å².